The van der Waals surface area contributed by atoms with Crippen LogP contribution in [0.15, 0.2) is 60.7 Å². The van der Waals surface area contributed by atoms with Crippen LogP contribution < -0.4 is 9.80 Å². The molecule has 1 N–H and O–H groups in total. The third kappa shape index (κ3) is 21.5. The maximum absolute atomic E-state index is 9.59. The second-order valence-corrected chi connectivity index (χ2v) is 5.16. The molecule has 0 bridgehead atoms. The lowest BCUT2D eigenvalue weighted by molar-refractivity contribution is -0.137. The molecule has 0 aliphatic rings. The van der Waals surface area contributed by atoms with E-state index in [0.717, 1.165) is 7.11 Å². The van der Waals surface area contributed by atoms with Gasteiger partial charge < -0.3 is 19.6 Å². The Morgan fingerprint density at radius 2 is 0.964 bits per heavy atom. The smallest absolute Gasteiger partial charge is 0.302 e. The number of methoxy groups -OCH3 is 1. The standard InChI is InChI=1S/2C8H11N.C3H6O2.C2H6.CH4O.CH4/c2*1-9(2)8-6-4-3-5-7-8;1-3(4)5-2;2*1-2;/h2*3-7H,1-2H3;1-2H3;1-2H3;2H,1H3;1H4. The predicted octanol–water partition coefficient (Wildman–Crippen LogP) is 4.96. The molecule has 28 heavy (non-hydrogen) atoms. The predicted molar refractivity (Wildman–Crippen MR) is 125 cm³/mol. The summed E-state index contributed by atoms with van der Waals surface area (Å²) in [5.74, 6) is -0.245. The van der Waals surface area contributed by atoms with Gasteiger partial charge in [0.25, 0.3) is 0 Å². The Balaban J connectivity index is -0.000000144. The van der Waals surface area contributed by atoms with Gasteiger partial charge in [0.05, 0.1) is 7.11 Å². The number of para-hydroxylation sites is 2. The van der Waals surface area contributed by atoms with E-state index in [4.69, 9.17) is 5.11 Å². The minimum absolute atomic E-state index is 0. The molecule has 0 atom stereocenters. The zero-order chi connectivity index (χ0) is 21.7. The summed E-state index contributed by atoms with van der Waals surface area (Å²) in [5, 5.41) is 7.00. The highest BCUT2D eigenvalue weighted by atomic mass is 16.5. The minimum atomic E-state index is -0.245. The van der Waals surface area contributed by atoms with Crippen molar-refractivity contribution in [2.75, 3.05) is 52.2 Å². The molecule has 5 nitrogen and oxygen atoms in total. The summed E-state index contributed by atoms with van der Waals surface area (Å²) in [7, 11) is 10.5. The molecule has 0 heterocycles. The minimum Gasteiger partial charge on any atom is -0.469 e. The van der Waals surface area contributed by atoms with E-state index in [1.807, 2.05) is 78.4 Å². The third-order valence-corrected chi connectivity index (χ3v) is 2.83. The molecule has 2 rings (SSSR count). The maximum Gasteiger partial charge on any atom is 0.302 e. The van der Waals surface area contributed by atoms with Crippen molar-refractivity contribution in [3.05, 3.63) is 60.7 Å². The Kier molecular flexibility index (Phi) is 28.9. The fraction of sp³-hybridized carbons (Fsp3) is 0.435. The number of carbonyl (C=O) groups is 1. The van der Waals surface area contributed by atoms with Crippen molar-refractivity contribution in [1.29, 1.82) is 0 Å². The van der Waals surface area contributed by atoms with E-state index in [1.165, 1.54) is 25.4 Å². The van der Waals surface area contributed by atoms with Crippen molar-refractivity contribution in [2.24, 2.45) is 0 Å². The van der Waals surface area contributed by atoms with Crippen LogP contribution in [0.25, 0.3) is 0 Å². The SMILES string of the molecule is C.CC.CN(C)c1ccccc1.CN(C)c1ccccc1.CO.COC(C)=O. The first kappa shape index (κ1) is 33.1. The monoisotopic (exact) mass is 394 g/mol. The van der Waals surface area contributed by atoms with Crippen molar-refractivity contribution in [3.8, 4) is 0 Å². The van der Waals surface area contributed by atoms with E-state index >= 15 is 0 Å². The second kappa shape index (κ2) is 24.5. The molecule has 2 aromatic carbocycles. The van der Waals surface area contributed by atoms with Crippen LogP contribution in [0.3, 0.4) is 0 Å². The van der Waals surface area contributed by atoms with Gasteiger partial charge in [-0.2, -0.15) is 0 Å². The van der Waals surface area contributed by atoms with Gasteiger partial charge in [0.2, 0.25) is 0 Å². The van der Waals surface area contributed by atoms with Crippen LogP contribution in [0, 0.1) is 0 Å². The molecule has 0 aliphatic heterocycles. The number of esters is 1. The topological polar surface area (TPSA) is 53.0 Å². The Bertz CT molecular complexity index is 487. The molecule has 0 aliphatic carbocycles. The first-order valence-corrected chi connectivity index (χ1v) is 8.82. The molecular weight excluding hydrogens is 352 g/mol. The number of ether oxygens (including phenoxy) is 1. The van der Waals surface area contributed by atoms with Crippen LogP contribution in [-0.4, -0.2) is 53.5 Å². The average molecular weight is 395 g/mol. The lowest BCUT2D eigenvalue weighted by atomic mass is 10.3. The van der Waals surface area contributed by atoms with Gasteiger partial charge in [0, 0.05) is 53.6 Å². The molecule has 0 fully saturated rings. The van der Waals surface area contributed by atoms with E-state index in [0.29, 0.717) is 0 Å². The van der Waals surface area contributed by atoms with E-state index in [2.05, 4.69) is 38.8 Å². The number of benzene rings is 2. The highest BCUT2D eigenvalue weighted by Crippen LogP contribution is 2.08. The molecule has 0 saturated carbocycles. The number of anilines is 2. The number of aliphatic hydroxyl groups excluding tert-OH is 1. The normalized spacial score (nSPS) is 7.50. The van der Waals surface area contributed by atoms with Gasteiger partial charge in [-0.15, -0.1) is 0 Å². The number of rotatable bonds is 2. The van der Waals surface area contributed by atoms with Crippen molar-refractivity contribution in [3.63, 3.8) is 0 Å². The summed E-state index contributed by atoms with van der Waals surface area (Å²) in [4.78, 5) is 13.8. The third-order valence-electron chi connectivity index (χ3n) is 2.83. The summed E-state index contributed by atoms with van der Waals surface area (Å²) < 4.78 is 4.11. The number of aliphatic hydroxyl groups is 1. The largest absolute Gasteiger partial charge is 0.469 e. The Morgan fingerprint density at radius 3 is 1.07 bits per heavy atom. The zero-order valence-electron chi connectivity index (χ0n) is 18.4. The quantitative estimate of drug-likeness (QED) is 0.730. The molecule has 0 amide bonds. The Hall–Kier alpha value is -2.53. The average Bonchev–Trinajstić information content (AvgIpc) is 2.73. The number of carbonyl (C=O) groups excluding carboxylic acids is 1. The molecule has 162 valence electrons. The van der Waals surface area contributed by atoms with Gasteiger partial charge in [0.15, 0.2) is 0 Å². The molecular formula is C23H42N2O3. The fourth-order valence-electron chi connectivity index (χ4n) is 1.45. The van der Waals surface area contributed by atoms with Gasteiger partial charge in [-0.25, -0.2) is 0 Å². The molecule has 2 aromatic rings. The van der Waals surface area contributed by atoms with E-state index in [1.54, 1.807) is 0 Å². The Labute approximate surface area is 173 Å². The van der Waals surface area contributed by atoms with Crippen LogP contribution >= 0.6 is 0 Å². The van der Waals surface area contributed by atoms with Gasteiger partial charge in [-0.1, -0.05) is 57.7 Å². The van der Waals surface area contributed by atoms with Crippen molar-refractivity contribution >= 4 is 17.3 Å². The van der Waals surface area contributed by atoms with Crippen LogP contribution in [0.1, 0.15) is 28.2 Å². The van der Waals surface area contributed by atoms with Crippen molar-refractivity contribution < 1.29 is 14.6 Å². The number of nitrogens with zero attached hydrogens (tertiary/aromatic N) is 2. The summed E-state index contributed by atoms with van der Waals surface area (Å²) in [6.07, 6.45) is 0. The molecule has 0 radical (unpaired) electrons. The summed E-state index contributed by atoms with van der Waals surface area (Å²) >= 11 is 0. The lowest BCUT2D eigenvalue weighted by Crippen LogP contribution is -2.07. The van der Waals surface area contributed by atoms with Crippen molar-refractivity contribution in [2.45, 2.75) is 28.2 Å². The van der Waals surface area contributed by atoms with Crippen LogP contribution in [-0.2, 0) is 9.53 Å². The van der Waals surface area contributed by atoms with E-state index in [9.17, 15) is 4.79 Å². The van der Waals surface area contributed by atoms with Crippen LogP contribution in [0.4, 0.5) is 11.4 Å². The van der Waals surface area contributed by atoms with Crippen LogP contribution in [0.2, 0.25) is 0 Å². The number of hydrogen-bond acceptors (Lipinski definition) is 5. The lowest BCUT2D eigenvalue weighted by Gasteiger charge is -2.10. The maximum atomic E-state index is 9.59. The van der Waals surface area contributed by atoms with Crippen molar-refractivity contribution in [1.82, 2.24) is 0 Å². The van der Waals surface area contributed by atoms with E-state index in [-0.39, 0.29) is 13.4 Å². The highest BCUT2D eigenvalue weighted by Gasteiger charge is 1.88. The van der Waals surface area contributed by atoms with E-state index < -0.39 is 0 Å². The van der Waals surface area contributed by atoms with Gasteiger partial charge in [-0.05, 0) is 24.3 Å². The highest BCUT2D eigenvalue weighted by molar-refractivity contribution is 5.65. The first-order valence-electron chi connectivity index (χ1n) is 8.82. The first-order chi connectivity index (χ1) is 12.9. The Morgan fingerprint density at radius 1 is 0.750 bits per heavy atom. The molecule has 5 heteroatoms. The fourth-order valence-corrected chi connectivity index (χ4v) is 1.45. The molecule has 0 spiro atoms. The summed E-state index contributed by atoms with van der Waals surface area (Å²) in [5.41, 5.74) is 2.50. The van der Waals surface area contributed by atoms with Gasteiger partial charge >= 0.3 is 5.97 Å². The second-order valence-electron chi connectivity index (χ2n) is 5.16. The molecule has 0 unspecified atom stereocenters. The summed E-state index contributed by atoms with van der Waals surface area (Å²) in [6, 6.07) is 20.5. The van der Waals surface area contributed by atoms with Gasteiger partial charge in [-0.3, -0.25) is 4.79 Å². The number of hydrogen-bond donors (Lipinski definition) is 1. The summed E-state index contributed by atoms with van der Waals surface area (Å²) in [6.45, 7) is 5.36. The van der Waals surface area contributed by atoms with Gasteiger partial charge in [0.1, 0.15) is 0 Å². The molecule has 0 saturated heterocycles. The van der Waals surface area contributed by atoms with Crippen LogP contribution in [0.5, 0.6) is 0 Å². The zero-order valence-corrected chi connectivity index (χ0v) is 18.4. The molecule has 0 aromatic heterocycles.